The van der Waals surface area contributed by atoms with Crippen LogP contribution in [-0.4, -0.2) is 11.2 Å². The van der Waals surface area contributed by atoms with Gasteiger partial charge in [0.1, 0.15) is 0 Å². The zero-order valence-electron chi connectivity index (χ0n) is 8.21. The Labute approximate surface area is 75.5 Å². The molecule has 1 aliphatic carbocycles. The van der Waals surface area contributed by atoms with Crippen molar-refractivity contribution in [1.29, 1.82) is 0 Å². The summed E-state index contributed by atoms with van der Waals surface area (Å²) in [5, 5.41) is 9.70. The second kappa shape index (κ2) is 3.61. The highest BCUT2D eigenvalue weighted by atomic mass is 16.3. The normalized spacial score (nSPS) is 34.6. The van der Waals surface area contributed by atoms with Gasteiger partial charge in [-0.15, -0.1) is 6.58 Å². The summed E-state index contributed by atoms with van der Waals surface area (Å²) in [5.41, 5.74) is 0.117. The lowest BCUT2D eigenvalue weighted by Gasteiger charge is -2.39. The molecule has 0 amide bonds. The summed E-state index contributed by atoms with van der Waals surface area (Å²) in [6.45, 7) is 8.08. The highest BCUT2D eigenvalue weighted by Crippen LogP contribution is 2.40. The summed E-state index contributed by atoms with van der Waals surface area (Å²) in [4.78, 5) is 0. The smallest absolute Gasteiger partial charge is 0.0591 e. The third kappa shape index (κ3) is 2.10. The summed E-state index contributed by atoms with van der Waals surface area (Å²) in [6, 6.07) is 0. The number of hydrogen-bond donors (Lipinski definition) is 1. The fraction of sp³-hybridized carbons (Fsp3) is 0.818. The van der Waals surface area contributed by atoms with E-state index < -0.39 is 0 Å². The fourth-order valence-corrected chi connectivity index (χ4v) is 2.20. The monoisotopic (exact) mass is 168 g/mol. The van der Waals surface area contributed by atoms with Crippen LogP contribution in [-0.2, 0) is 0 Å². The van der Waals surface area contributed by atoms with Gasteiger partial charge in [-0.1, -0.05) is 19.9 Å². The van der Waals surface area contributed by atoms with Gasteiger partial charge in [-0.2, -0.15) is 0 Å². The van der Waals surface area contributed by atoms with Crippen LogP contribution >= 0.6 is 0 Å². The van der Waals surface area contributed by atoms with Gasteiger partial charge in [-0.05, 0) is 37.0 Å². The lowest BCUT2D eigenvalue weighted by atomic mass is 9.69. The zero-order valence-corrected chi connectivity index (χ0v) is 8.21. The van der Waals surface area contributed by atoms with Gasteiger partial charge in [0, 0.05) is 0 Å². The van der Waals surface area contributed by atoms with Gasteiger partial charge >= 0.3 is 0 Å². The van der Waals surface area contributed by atoms with Gasteiger partial charge in [-0.25, -0.2) is 0 Å². The van der Waals surface area contributed by atoms with Crippen LogP contribution in [0.5, 0.6) is 0 Å². The Morgan fingerprint density at radius 2 is 2.17 bits per heavy atom. The molecule has 0 spiro atoms. The van der Waals surface area contributed by atoms with Crippen LogP contribution in [0.15, 0.2) is 12.7 Å². The lowest BCUT2D eigenvalue weighted by Crippen LogP contribution is -2.36. The standard InChI is InChI=1S/C11H20O/c1-4-5-9-6-7-10(12)11(2,3)8-9/h4,9-10,12H,1,5-8H2,2-3H3. The third-order valence-electron chi connectivity index (χ3n) is 3.07. The van der Waals surface area contributed by atoms with Crippen molar-refractivity contribution in [2.24, 2.45) is 11.3 Å². The summed E-state index contributed by atoms with van der Waals surface area (Å²) in [6.07, 6.45) is 6.27. The molecule has 12 heavy (non-hydrogen) atoms. The maximum atomic E-state index is 9.70. The van der Waals surface area contributed by atoms with Crippen LogP contribution in [0.1, 0.15) is 39.5 Å². The van der Waals surface area contributed by atoms with E-state index in [0.717, 1.165) is 31.6 Å². The van der Waals surface area contributed by atoms with Crippen molar-refractivity contribution in [3.63, 3.8) is 0 Å². The van der Waals surface area contributed by atoms with Crippen molar-refractivity contribution in [2.45, 2.75) is 45.6 Å². The molecule has 1 nitrogen and oxygen atoms in total. The fourth-order valence-electron chi connectivity index (χ4n) is 2.20. The second-order valence-electron chi connectivity index (χ2n) is 4.68. The molecule has 1 rings (SSSR count). The molecule has 2 unspecified atom stereocenters. The Morgan fingerprint density at radius 1 is 1.50 bits per heavy atom. The first-order valence-corrected chi connectivity index (χ1v) is 4.85. The first-order valence-electron chi connectivity index (χ1n) is 4.85. The van der Waals surface area contributed by atoms with Gasteiger partial charge in [-0.3, -0.25) is 0 Å². The minimum Gasteiger partial charge on any atom is -0.393 e. The van der Waals surface area contributed by atoms with E-state index in [9.17, 15) is 5.11 Å². The number of aliphatic hydroxyl groups is 1. The van der Waals surface area contributed by atoms with E-state index in [1.54, 1.807) is 0 Å². The highest BCUT2D eigenvalue weighted by Gasteiger charge is 2.34. The summed E-state index contributed by atoms with van der Waals surface area (Å²) < 4.78 is 0. The van der Waals surface area contributed by atoms with Crippen molar-refractivity contribution >= 4 is 0 Å². The van der Waals surface area contributed by atoms with Gasteiger partial charge in [0.05, 0.1) is 6.10 Å². The third-order valence-corrected chi connectivity index (χ3v) is 3.07. The Balaban J connectivity index is 2.50. The second-order valence-corrected chi connectivity index (χ2v) is 4.68. The first kappa shape index (κ1) is 9.79. The Kier molecular flexibility index (Phi) is 2.94. The Hall–Kier alpha value is -0.300. The van der Waals surface area contributed by atoms with Crippen LogP contribution in [0.25, 0.3) is 0 Å². The van der Waals surface area contributed by atoms with Crippen LogP contribution in [0.3, 0.4) is 0 Å². The molecule has 1 N–H and O–H groups in total. The largest absolute Gasteiger partial charge is 0.393 e. The molecule has 0 heterocycles. The summed E-state index contributed by atoms with van der Waals surface area (Å²) >= 11 is 0. The molecule has 0 saturated heterocycles. The quantitative estimate of drug-likeness (QED) is 0.629. The van der Waals surface area contributed by atoms with Gasteiger partial charge in [0.2, 0.25) is 0 Å². The van der Waals surface area contributed by atoms with Crippen LogP contribution in [0.4, 0.5) is 0 Å². The molecule has 70 valence electrons. The molecule has 2 atom stereocenters. The molecule has 0 bridgehead atoms. The predicted octanol–water partition coefficient (Wildman–Crippen LogP) is 2.75. The summed E-state index contributed by atoms with van der Waals surface area (Å²) in [5.74, 6) is 0.751. The van der Waals surface area contributed by atoms with E-state index in [1.165, 1.54) is 0 Å². The van der Waals surface area contributed by atoms with Crippen LogP contribution in [0.2, 0.25) is 0 Å². The van der Waals surface area contributed by atoms with E-state index in [0.29, 0.717) is 0 Å². The maximum absolute atomic E-state index is 9.70. The Morgan fingerprint density at radius 3 is 2.67 bits per heavy atom. The van der Waals surface area contributed by atoms with E-state index in [-0.39, 0.29) is 11.5 Å². The molecule has 0 aromatic rings. The number of allylic oxidation sites excluding steroid dienone is 1. The van der Waals surface area contributed by atoms with Crippen LogP contribution in [0, 0.1) is 11.3 Å². The van der Waals surface area contributed by atoms with E-state index in [1.807, 2.05) is 6.08 Å². The average Bonchev–Trinajstić information content (AvgIpc) is 1.97. The highest BCUT2D eigenvalue weighted by molar-refractivity contribution is 4.88. The van der Waals surface area contributed by atoms with Gasteiger partial charge < -0.3 is 5.11 Å². The van der Waals surface area contributed by atoms with Crippen molar-refractivity contribution in [3.05, 3.63) is 12.7 Å². The minimum atomic E-state index is -0.0986. The molecule has 1 aliphatic rings. The lowest BCUT2D eigenvalue weighted by molar-refractivity contribution is -0.00683. The van der Waals surface area contributed by atoms with Gasteiger partial charge in [0.15, 0.2) is 0 Å². The number of aliphatic hydroxyl groups excluding tert-OH is 1. The predicted molar refractivity (Wildman–Crippen MR) is 51.9 cm³/mol. The van der Waals surface area contributed by atoms with E-state index in [4.69, 9.17) is 0 Å². The van der Waals surface area contributed by atoms with E-state index in [2.05, 4.69) is 20.4 Å². The Bertz CT molecular complexity index is 160. The van der Waals surface area contributed by atoms with Crippen molar-refractivity contribution < 1.29 is 5.11 Å². The summed E-state index contributed by atoms with van der Waals surface area (Å²) in [7, 11) is 0. The van der Waals surface area contributed by atoms with Crippen molar-refractivity contribution in [1.82, 2.24) is 0 Å². The maximum Gasteiger partial charge on any atom is 0.0591 e. The molecule has 0 aliphatic heterocycles. The van der Waals surface area contributed by atoms with Crippen molar-refractivity contribution in [2.75, 3.05) is 0 Å². The van der Waals surface area contributed by atoms with Crippen molar-refractivity contribution in [3.8, 4) is 0 Å². The van der Waals surface area contributed by atoms with E-state index >= 15 is 0 Å². The molecule has 1 saturated carbocycles. The molecular formula is C11H20O. The first-order chi connectivity index (χ1) is 5.56. The topological polar surface area (TPSA) is 20.2 Å². The number of hydrogen-bond acceptors (Lipinski definition) is 1. The SMILES string of the molecule is C=CCC1CCC(O)C(C)(C)C1. The van der Waals surface area contributed by atoms with Gasteiger partial charge in [0.25, 0.3) is 0 Å². The van der Waals surface area contributed by atoms with Crippen LogP contribution < -0.4 is 0 Å². The average molecular weight is 168 g/mol. The minimum absolute atomic E-state index is 0.0986. The molecule has 1 heteroatoms. The molecule has 0 aromatic carbocycles. The number of rotatable bonds is 2. The molecule has 1 fully saturated rings. The molecule has 0 aromatic heterocycles. The zero-order chi connectivity index (χ0) is 9.19. The molecule has 0 radical (unpaired) electrons. The molecular weight excluding hydrogens is 148 g/mol.